The number of unbranched alkanes of at least 4 members (excludes halogenated alkanes) is 6. The van der Waals surface area contributed by atoms with E-state index in [1.54, 1.807) is 0 Å². The molecule has 6 nitrogen and oxygen atoms in total. The molecule has 0 aliphatic carbocycles. The van der Waals surface area contributed by atoms with Crippen LogP contribution >= 0.6 is 0 Å². The molecule has 0 bridgehead atoms. The van der Waals surface area contributed by atoms with Crippen LogP contribution in [-0.2, 0) is 46.9 Å². The molecule has 31 heavy (non-hydrogen) atoms. The molecule has 0 spiro atoms. The molecule has 1 radical (unpaired) electrons. The van der Waals surface area contributed by atoms with E-state index in [2.05, 4.69) is 20.8 Å². The van der Waals surface area contributed by atoms with Crippen molar-refractivity contribution < 1.29 is 62.2 Å². The van der Waals surface area contributed by atoms with E-state index < -0.39 is 0 Å². The Bertz CT molecular complexity index is 186. The van der Waals surface area contributed by atoms with Crippen molar-refractivity contribution in [3.8, 4) is 0 Å². The summed E-state index contributed by atoms with van der Waals surface area (Å²) in [6, 6.07) is 0. The van der Waals surface area contributed by atoms with Gasteiger partial charge in [-0.1, -0.05) is 40.0 Å². The van der Waals surface area contributed by atoms with E-state index in [9.17, 15) is 0 Å². The van der Waals surface area contributed by atoms with E-state index in [1.807, 2.05) is 0 Å². The van der Waals surface area contributed by atoms with Crippen molar-refractivity contribution in [2.24, 2.45) is 0 Å². The van der Waals surface area contributed by atoms with Crippen molar-refractivity contribution in [1.82, 2.24) is 0 Å². The molecule has 0 aromatic heterocycles. The Morgan fingerprint density at radius 3 is 0.806 bits per heavy atom. The SMILES string of the molecule is CCCCOCCCCO.CCCCOCCCCO.CCCCOCCCCO.[Y]. The summed E-state index contributed by atoms with van der Waals surface area (Å²) in [4.78, 5) is 0. The van der Waals surface area contributed by atoms with Crippen molar-refractivity contribution in [3.63, 3.8) is 0 Å². The Labute approximate surface area is 218 Å². The van der Waals surface area contributed by atoms with Crippen LogP contribution in [-0.4, -0.2) is 74.8 Å². The second-order valence-corrected chi connectivity index (χ2v) is 7.19. The van der Waals surface area contributed by atoms with Crippen LogP contribution < -0.4 is 0 Å². The van der Waals surface area contributed by atoms with Gasteiger partial charge in [0, 0.05) is 92.2 Å². The van der Waals surface area contributed by atoms with Crippen molar-refractivity contribution in [1.29, 1.82) is 0 Å². The minimum absolute atomic E-state index is 0. The second-order valence-electron chi connectivity index (χ2n) is 7.19. The van der Waals surface area contributed by atoms with Crippen LogP contribution in [0.5, 0.6) is 0 Å². The van der Waals surface area contributed by atoms with Crippen LogP contribution in [0, 0.1) is 0 Å². The molecule has 0 unspecified atom stereocenters. The Kier molecular flexibility index (Phi) is 56.2. The Morgan fingerprint density at radius 1 is 0.387 bits per heavy atom. The quantitative estimate of drug-likeness (QED) is 0.187. The third kappa shape index (κ3) is 53.8. The molecule has 0 saturated carbocycles. The molecule has 0 aliphatic heterocycles. The molecule has 0 heterocycles. The number of ether oxygens (including phenoxy) is 3. The summed E-state index contributed by atoms with van der Waals surface area (Å²) in [6.07, 6.45) is 12.6. The minimum Gasteiger partial charge on any atom is -0.396 e. The molecular weight excluding hydrogens is 473 g/mol. The first-order valence-electron chi connectivity index (χ1n) is 12.3. The number of rotatable bonds is 21. The second kappa shape index (κ2) is 44.5. The third-order valence-electron chi connectivity index (χ3n) is 4.02. The first-order valence-corrected chi connectivity index (χ1v) is 12.3. The van der Waals surface area contributed by atoms with Crippen molar-refractivity contribution in [2.45, 2.75) is 97.8 Å². The van der Waals surface area contributed by atoms with Gasteiger partial charge in [-0.25, -0.2) is 0 Å². The van der Waals surface area contributed by atoms with Crippen LogP contribution in [0.2, 0.25) is 0 Å². The van der Waals surface area contributed by atoms with Gasteiger partial charge in [0.1, 0.15) is 0 Å². The topological polar surface area (TPSA) is 88.4 Å². The number of aliphatic hydroxyl groups excluding tert-OH is 3. The predicted octanol–water partition coefficient (Wildman–Crippen LogP) is 4.72. The maximum atomic E-state index is 8.41. The number of aliphatic hydroxyl groups is 3. The van der Waals surface area contributed by atoms with Crippen molar-refractivity contribution in [2.75, 3.05) is 59.5 Å². The minimum atomic E-state index is 0. The summed E-state index contributed by atoms with van der Waals surface area (Å²) in [6.45, 7) is 12.4. The predicted molar refractivity (Wildman–Crippen MR) is 126 cm³/mol. The standard InChI is InChI=1S/3C8H18O2.Y/c3*1-2-3-7-10-8-5-4-6-9;/h3*9H,2-8H2,1H3;. The molecular formula is C24H54O6Y. The van der Waals surface area contributed by atoms with Crippen LogP contribution in [0.15, 0.2) is 0 Å². The molecule has 0 atom stereocenters. The van der Waals surface area contributed by atoms with E-state index in [-0.39, 0.29) is 52.5 Å². The van der Waals surface area contributed by atoms with Gasteiger partial charge in [0.25, 0.3) is 0 Å². The van der Waals surface area contributed by atoms with Crippen LogP contribution in [0.3, 0.4) is 0 Å². The van der Waals surface area contributed by atoms with E-state index in [1.165, 1.54) is 19.3 Å². The smallest absolute Gasteiger partial charge is 0.0466 e. The number of hydrogen-bond acceptors (Lipinski definition) is 6. The van der Waals surface area contributed by atoms with Gasteiger partial charge in [-0.3, -0.25) is 0 Å². The normalized spacial score (nSPS) is 9.87. The molecule has 0 fully saturated rings. The largest absolute Gasteiger partial charge is 0.396 e. The fourth-order valence-electron chi connectivity index (χ4n) is 1.99. The summed E-state index contributed by atoms with van der Waals surface area (Å²) < 4.78 is 15.8. The zero-order chi connectivity index (χ0) is 23.0. The van der Waals surface area contributed by atoms with E-state index >= 15 is 0 Å². The molecule has 0 aromatic rings. The Balaban J connectivity index is -0.000000174. The van der Waals surface area contributed by atoms with Crippen LogP contribution in [0.1, 0.15) is 97.8 Å². The summed E-state index contributed by atoms with van der Waals surface area (Å²) in [5, 5.41) is 25.2. The number of hydrogen-bond donors (Lipinski definition) is 3. The van der Waals surface area contributed by atoms with E-state index in [0.717, 1.165) is 97.4 Å². The molecule has 7 heteroatoms. The average Bonchev–Trinajstić information content (AvgIpc) is 2.77. The maximum absolute atomic E-state index is 8.41. The van der Waals surface area contributed by atoms with Gasteiger partial charge in [0.05, 0.1) is 0 Å². The van der Waals surface area contributed by atoms with Gasteiger partial charge < -0.3 is 29.5 Å². The maximum Gasteiger partial charge on any atom is 0.0466 e. The zero-order valence-corrected chi connectivity index (χ0v) is 23.8. The summed E-state index contributed by atoms with van der Waals surface area (Å²) >= 11 is 0. The van der Waals surface area contributed by atoms with Gasteiger partial charge in [-0.05, 0) is 57.8 Å². The molecule has 0 rings (SSSR count). The first-order chi connectivity index (χ1) is 14.7. The van der Waals surface area contributed by atoms with Gasteiger partial charge >= 0.3 is 0 Å². The molecule has 3 N–H and O–H groups in total. The first kappa shape index (κ1) is 39.1. The fourth-order valence-corrected chi connectivity index (χ4v) is 1.99. The summed E-state index contributed by atoms with van der Waals surface area (Å²) in [5.41, 5.74) is 0. The van der Waals surface area contributed by atoms with Crippen molar-refractivity contribution >= 4 is 0 Å². The molecule has 0 aliphatic rings. The van der Waals surface area contributed by atoms with E-state index in [4.69, 9.17) is 29.5 Å². The van der Waals surface area contributed by atoms with Crippen LogP contribution in [0.25, 0.3) is 0 Å². The van der Waals surface area contributed by atoms with Gasteiger partial charge in [0.2, 0.25) is 0 Å². The molecule has 0 amide bonds. The Morgan fingerprint density at radius 2 is 0.613 bits per heavy atom. The fraction of sp³-hybridized carbons (Fsp3) is 1.00. The zero-order valence-electron chi connectivity index (χ0n) is 21.0. The van der Waals surface area contributed by atoms with E-state index in [0.29, 0.717) is 0 Å². The third-order valence-corrected chi connectivity index (χ3v) is 4.02. The summed E-state index contributed by atoms with van der Waals surface area (Å²) in [5.74, 6) is 0. The average molecular weight is 528 g/mol. The molecule has 0 saturated heterocycles. The van der Waals surface area contributed by atoms with Crippen molar-refractivity contribution in [3.05, 3.63) is 0 Å². The van der Waals surface area contributed by atoms with Gasteiger partial charge in [-0.2, -0.15) is 0 Å². The van der Waals surface area contributed by atoms with Gasteiger partial charge in [-0.15, -0.1) is 0 Å². The summed E-state index contributed by atoms with van der Waals surface area (Å²) in [7, 11) is 0. The monoisotopic (exact) mass is 527 g/mol. The molecule has 0 aromatic carbocycles. The molecule has 189 valence electrons. The Hall–Kier alpha value is 0.864. The van der Waals surface area contributed by atoms with Gasteiger partial charge in [0.15, 0.2) is 0 Å². The van der Waals surface area contributed by atoms with Crippen LogP contribution in [0.4, 0.5) is 0 Å².